The predicted octanol–water partition coefficient (Wildman–Crippen LogP) is 5.07. The zero-order chi connectivity index (χ0) is 16.2. The summed E-state index contributed by atoms with van der Waals surface area (Å²) in [7, 11) is 0. The fourth-order valence-corrected chi connectivity index (χ4v) is 3.71. The maximum Gasteiger partial charge on any atom is 0.266 e. The topological polar surface area (TPSA) is 32.7 Å². The Morgan fingerprint density at radius 2 is 1.96 bits per heavy atom. The molecule has 2 aromatic carbocycles. The first-order valence-electron chi connectivity index (χ1n) is 7.28. The van der Waals surface area contributed by atoms with Gasteiger partial charge in [0.1, 0.15) is 0 Å². The van der Waals surface area contributed by atoms with E-state index >= 15 is 0 Å². The molecule has 0 unspecified atom stereocenters. The van der Waals surface area contributed by atoms with Crippen LogP contribution >= 0.6 is 27.7 Å². The van der Waals surface area contributed by atoms with Crippen molar-refractivity contribution in [3.8, 4) is 0 Å². The van der Waals surface area contributed by atoms with Crippen LogP contribution in [0.5, 0.6) is 0 Å². The number of benzene rings is 2. The van der Waals surface area contributed by atoms with E-state index in [1.165, 1.54) is 11.8 Å². The SMILES string of the molecule is CCN1C(=O)/C(=C\c2cccc(Br)c2)SC1=Nc1ccccc1. The molecule has 1 aliphatic rings. The minimum Gasteiger partial charge on any atom is -0.287 e. The fourth-order valence-electron chi connectivity index (χ4n) is 2.23. The van der Waals surface area contributed by atoms with E-state index in [2.05, 4.69) is 20.9 Å². The molecule has 0 atom stereocenters. The molecule has 0 spiro atoms. The molecule has 2 aromatic rings. The Bertz CT molecular complexity index is 787. The zero-order valence-electron chi connectivity index (χ0n) is 12.6. The third-order valence-corrected chi connectivity index (χ3v) is 4.83. The van der Waals surface area contributed by atoms with E-state index in [1.807, 2.05) is 67.6 Å². The Hall–Kier alpha value is -1.85. The van der Waals surface area contributed by atoms with Gasteiger partial charge in [0, 0.05) is 11.0 Å². The number of para-hydroxylation sites is 1. The molecule has 1 aliphatic heterocycles. The number of hydrogen-bond acceptors (Lipinski definition) is 3. The number of aliphatic imine (C=N–C) groups is 1. The predicted molar refractivity (Wildman–Crippen MR) is 101 cm³/mol. The monoisotopic (exact) mass is 386 g/mol. The number of hydrogen-bond donors (Lipinski definition) is 0. The second kappa shape index (κ2) is 7.15. The fraction of sp³-hybridized carbons (Fsp3) is 0.111. The number of thioether (sulfide) groups is 1. The molecule has 0 bridgehead atoms. The lowest BCUT2D eigenvalue weighted by Gasteiger charge is -2.11. The average Bonchev–Trinajstić information content (AvgIpc) is 2.83. The van der Waals surface area contributed by atoms with Crippen molar-refractivity contribution in [3.05, 3.63) is 69.5 Å². The van der Waals surface area contributed by atoms with Crippen LogP contribution in [0, 0.1) is 0 Å². The van der Waals surface area contributed by atoms with Crippen molar-refractivity contribution < 1.29 is 4.79 Å². The third kappa shape index (κ3) is 3.74. The average molecular weight is 387 g/mol. The molecule has 1 saturated heterocycles. The van der Waals surface area contributed by atoms with Crippen LogP contribution in [0.4, 0.5) is 5.69 Å². The molecule has 116 valence electrons. The van der Waals surface area contributed by atoms with Crippen molar-refractivity contribution in [2.45, 2.75) is 6.92 Å². The summed E-state index contributed by atoms with van der Waals surface area (Å²) in [5, 5.41) is 0.727. The summed E-state index contributed by atoms with van der Waals surface area (Å²) >= 11 is 4.87. The highest BCUT2D eigenvalue weighted by atomic mass is 79.9. The van der Waals surface area contributed by atoms with Gasteiger partial charge >= 0.3 is 0 Å². The molecule has 0 radical (unpaired) electrons. The lowest BCUT2D eigenvalue weighted by molar-refractivity contribution is -0.122. The van der Waals surface area contributed by atoms with E-state index in [1.54, 1.807) is 4.90 Å². The second-order valence-corrected chi connectivity index (χ2v) is 6.87. The number of rotatable bonds is 3. The normalized spacial score (nSPS) is 18.2. The first-order valence-corrected chi connectivity index (χ1v) is 8.89. The van der Waals surface area contributed by atoms with E-state index in [0.717, 1.165) is 20.9 Å². The van der Waals surface area contributed by atoms with Crippen LogP contribution in [0.2, 0.25) is 0 Å². The van der Waals surface area contributed by atoms with E-state index in [9.17, 15) is 4.79 Å². The highest BCUT2D eigenvalue weighted by molar-refractivity contribution is 9.10. The lowest BCUT2D eigenvalue weighted by atomic mass is 10.2. The summed E-state index contributed by atoms with van der Waals surface area (Å²) in [6.07, 6.45) is 1.91. The van der Waals surface area contributed by atoms with Crippen LogP contribution in [-0.4, -0.2) is 22.5 Å². The van der Waals surface area contributed by atoms with Crippen molar-refractivity contribution in [3.63, 3.8) is 0 Å². The van der Waals surface area contributed by atoms with Crippen molar-refractivity contribution in [2.75, 3.05) is 6.54 Å². The van der Waals surface area contributed by atoms with Gasteiger partial charge in [0.25, 0.3) is 5.91 Å². The maximum atomic E-state index is 12.6. The number of carbonyl (C=O) groups is 1. The zero-order valence-corrected chi connectivity index (χ0v) is 15.0. The van der Waals surface area contributed by atoms with Crippen molar-refractivity contribution in [1.82, 2.24) is 4.90 Å². The van der Waals surface area contributed by atoms with Gasteiger partial charge in [-0.3, -0.25) is 9.69 Å². The Kier molecular flexibility index (Phi) is 4.98. The minimum atomic E-state index is 0.00663. The Balaban J connectivity index is 1.93. The number of carbonyl (C=O) groups excluding carboxylic acids is 1. The van der Waals surface area contributed by atoms with Crippen LogP contribution in [0.3, 0.4) is 0 Å². The van der Waals surface area contributed by atoms with Gasteiger partial charge in [-0.2, -0.15) is 0 Å². The highest BCUT2D eigenvalue weighted by Gasteiger charge is 2.32. The summed E-state index contributed by atoms with van der Waals surface area (Å²) in [4.78, 5) is 19.6. The molecule has 1 heterocycles. The summed E-state index contributed by atoms with van der Waals surface area (Å²) in [5.41, 5.74) is 1.84. The van der Waals surface area contributed by atoms with E-state index in [0.29, 0.717) is 11.4 Å². The molecule has 0 aliphatic carbocycles. The summed E-state index contributed by atoms with van der Waals surface area (Å²) in [6, 6.07) is 17.6. The molecule has 23 heavy (non-hydrogen) atoms. The summed E-state index contributed by atoms with van der Waals surface area (Å²) < 4.78 is 0.993. The molecule has 0 aromatic heterocycles. The lowest BCUT2D eigenvalue weighted by Crippen LogP contribution is -2.28. The molecule has 1 amide bonds. The van der Waals surface area contributed by atoms with Gasteiger partial charge in [-0.1, -0.05) is 46.3 Å². The Morgan fingerprint density at radius 3 is 2.65 bits per heavy atom. The first kappa shape index (κ1) is 16.0. The molecule has 0 N–H and O–H groups in total. The summed E-state index contributed by atoms with van der Waals surface area (Å²) in [6.45, 7) is 2.56. The van der Waals surface area contributed by atoms with Crippen LogP contribution < -0.4 is 0 Å². The van der Waals surface area contributed by atoms with Crippen LogP contribution in [0.1, 0.15) is 12.5 Å². The smallest absolute Gasteiger partial charge is 0.266 e. The third-order valence-electron chi connectivity index (χ3n) is 3.33. The quantitative estimate of drug-likeness (QED) is 0.689. The van der Waals surface area contributed by atoms with Gasteiger partial charge in [-0.15, -0.1) is 0 Å². The van der Waals surface area contributed by atoms with Gasteiger partial charge in [0.2, 0.25) is 0 Å². The maximum absolute atomic E-state index is 12.6. The van der Waals surface area contributed by atoms with Crippen LogP contribution in [0.15, 0.2) is 69.0 Å². The standard InChI is InChI=1S/C18H15BrN2OS/c1-2-21-17(22)16(12-13-7-6-8-14(19)11-13)23-18(21)20-15-9-4-3-5-10-15/h3-12H,2H2,1H3/b16-12+,20-18?. The van der Waals surface area contributed by atoms with Crippen LogP contribution in [0.25, 0.3) is 6.08 Å². The minimum absolute atomic E-state index is 0.00663. The van der Waals surface area contributed by atoms with E-state index in [4.69, 9.17) is 0 Å². The largest absolute Gasteiger partial charge is 0.287 e. The van der Waals surface area contributed by atoms with Gasteiger partial charge in [-0.05, 0) is 54.6 Å². The van der Waals surface area contributed by atoms with E-state index in [-0.39, 0.29) is 5.91 Å². The molecule has 0 saturated carbocycles. The van der Waals surface area contributed by atoms with E-state index < -0.39 is 0 Å². The van der Waals surface area contributed by atoms with Crippen molar-refractivity contribution >= 4 is 50.5 Å². The highest BCUT2D eigenvalue weighted by Crippen LogP contribution is 2.34. The molecule has 5 heteroatoms. The van der Waals surface area contributed by atoms with Gasteiger partial charge < -0.3 is 0 Å². The molecule has 3 nitrogen and oxygen atoms in total. The Morgan fingerprint density at radius 1 is 1.17 bits per heavy atom. The molecular weight excluding hydrogens is 372 g/mol. The van der Waals surface area contributed by atoms with Crippen LogP contribution in [-0.2, 0) is 4.79 Å². The number of nitrogens with zero attached hydrogens (tertiary/aromatic N) is 2. The Labute approximate surface area is 148 Å². The van der Waals surface area contributed by atoms with Gasteiger partial charge in [-0.25, -0.2) is 4.99 Å². The van der Waals surface area contributed by atoms with Gasteiger partial charge in [0.15, 0.2) is 5.17 Å². The summed E-state index contributed by atoms with van der Waals surface area (Å²) in [5.74, 6) is 0.00663. The molecule has 3 rings (SSSR count). The number of amides is 1. The molecular formula is C18H15BrN2OS. The first-order chi connectivity index (χ1) is 11.2. The second-order valence-electron chi connectivity index (χ2n) is 4.94. The number of halogens is 1. The van der Waals surface area contributed by atoms with Crippen molar-refractivity contribution in [1.29, 1.82) is 0 Å². The molecule has 1 fully saturated rings. The van der Waals surface area contributed by atoms with Gasteiger partial charge in [0.05, 0.1) is 10.6 Å². The number of likely N-dealkylation sites (N-methyl/N-ethyl adjacent to an activating group) is 1. The van der Waals surface area contributed by atoms with Crippen molar-refractivity contribution in [2.24, 2.45) is 4.99 Å². The number of amidine groups is 1.